The molecule has 0 radical (unpaired) electrons. The van der Waals surface area contributed by atoms with Gasteiger partial charge in [0, 0.05) is 6.42 Å². The lowest BCUT2D eigenvalue weighted by molar-refractivity contribution is -0.121. The third kappa shape index (κ3) is 4.69. The van der Waals surface area contributed by atoms with E-state index in [1.165, 1.54) is 0 Å². The van der Waals surface area contributed by atoms with Crippen LogP contribution >= 0.6 is 0 Å². The van der Waals surface area contributed by atoms with Crippen molar-refractivity contribution in [2.24, 2.45) is 11.7 Å². The topological polar surface area (TPSA) is 78.9 Å². The highest BCUT2D eigenvalue weighted by molar-refractivity contribution is 5.76. The molecular formula is C8H15N3O. The molecule has 0 aromatic carbocycles. The van der Waals surface area contributed by atoms with Gasteiger partial charge in [0.2, 0.25) is 5.91 Å². The lowest BCUT2D eigenvalue weighted by Crippen LogP contribution is -2.28. The molecule has 0 bridgehead atoms. The van der Waals surface area contributed by atoms with E-state index in [9.17, 15) is 4.79 Å². The van der Waals surface area contributed by atoms with Crippen molar-refractivity contribution < 1.29 is 4.79 Å². The molecule has 4 heteroatoms. The molecule has 0 aliphatic rings. The highest BCUT2D eigenvalue weighted by Crippen LogP contribution is 2.04. The number of carbonyl (C=O) groups excluding carboxylic acids is 1. The maximum atomic E-state index is 11.0. The van der Waals surface area contributed by atoms with Crippen molar-refractivity contribution in [2.45, 2.75) is 19.8 Å². The van der Waals surface area contributed by atoms with Crippen LogP contribution in [0.1, 0.15) is 19.8 Å². The minimum absolute atomic E-state index is 0.0832. The fourth-order valence-electron chi connectivity index (χ4n) is 0.867. The van der Waals surface area contributed by atoms with Crippen LogP contribution in [0.15, 0.2) is 0 Å². The zero-order chi connectivity index (χ0) is 9.40. The average molecular weight is 169 g/mol. The number of carbonyl (C=O) groups is 1. The second-order valence-electron chi connectivity index (χ2n) is 2.65. The van der Waals surface area contributed by atoms with Crippen LogP contribution in [0.25, 0.3) is 0 Å². The van der Waals surface area contributed by atoms with Crippen molar-refractivity contribution in [1.82, 2.24) is 5.32 Å². The normalized spacial score (nSPS) is 11.8. The highest BCUT2D eigenvalue weighted by Gasteiger charge is 2.08. The molecule has 0 heterocycles. The first-order valence-electron chi connectivity index (χ1n) is 4.08. The summed E-state index contributed by atoms with van der Waals surface area (Å²) in [6.45, 7) is 2.60. The van der Waals surface area contributed by atoms with Crippen LogP contribution in [0.4, 0.5) is 0 Å². The van der Waals surface area contributed by atoms with Gasteiger partial charge in [0.25, 0.3) is 0 Å². The van der Waals surface area contributed by atoms with Crippen molar-refractivity contribution in [3.8, 4) is 6.07 Å². The largest absolute Gasteiger partial charge is 0.343 e. The van der Waals surface area contributed by atoms with E-state index in [0.717, 1.165) is 6.42 Å². The van der Waals surface area contributed by atoms with E-state index in [2.05, 4.69) is 5.32 Å². The summed E-state index contributed by atoms with van der Waals surface area (Å²) in [7, 11) is 0. The van der Waals surface area contributed by atoms with E-state index in [1.807, 2.05) is 13.0 Å². The quantitative estimate of drug-likeness (QED) is 0.568. The Morgan fingerprint density at radius 1 is 1.75 bits per heavy atom. The van der Waals surface area contributed by atoms with E-state index in [-0.39, 0.29) is 18.4 Å². The third-order valence-corrected chi connectivity index (χ3v) is 1.75. The van der Waals surface area contributed by atoms with Crippen molar-refractivity contribution in [3.05, 3.63) is 0 Å². The summed E-state index contributed by atoms with van der Waals surface area (Å²) in [4.78, 5) is 11.0. The van der Waals surface area contributed by atoms with E-state index in [4.69, 9.17) is 11.0 Å². The predicted molar refractivity (Wildman–Crippen MR) is 46.1 cm³/mol. The van der Waals surface area contributed by atoms with Crippen molar-refractivity contribution in [3.63, 3.8) is 0 Å². The average Bonchev–Trinajstić information content (AvgIpc) is 2.10. The molecule has 0 spiro atoms. The van der Waals surface area contributed by atoms with Crippen LogP contribution in [0.2, 0.25) is 0 Å². The van der Waals surface area contributed by atoms with Gasteiger partial charge in [-0.1, -0.05) is 13.3 Å². The van der Waals surface area contributed by atoms with Gasteiger partial charge < -0.3 is 11.1 Å². The van der Waals surface area contributed by atoms with Crippen LogP contribution in [-0.4, -0.2) is 19.0 Å². The van der Waals surface area contributed by atoms with E-state index < -0.39 is 0 Å². The molecule has 1 amide bonds. The number of hydrogen-bond donors (Lipinski definition) is 2. The summed E-state index contributed by atoms with van der Waals surface area (Å²) in [5, 5.41) is 10.7. The summed E-state index contributed by atoms with van der Waals surface area (Å²) >= 11 is 0. The molecule has 0 aliphatic carbocycles. The number of rotatable bonds is 5. The molecule has 12 heavy (non-hydrogen) atoms. The number of hydrogen-bond acceptors (Lipinski definition) is 3. The Kier molecular flexibility index (Phi) is 6.02. The molecule has 1 unspecified atom stereocenters. The fourth-order valence-corrected chi connectivity index (χ4v) is 0.867. The number of nitriles is 1. The van der Waals surface area contributed by atoms with Crippen molar-refractivity contribution in [1.29, 1.82) is 5.26 Å². The second-order valence-corrected chi connectivity index (χ2v) is 2.65. The first-order valence-corrected chi connectivity index (χ1v) is 4.08. The van der Waals surface area contributed by atoms with Crippen molar-refractivity contribution >= 4 is 5.91 Å². The molecule has 0 aromatic rings. The zero-order valence-corrected chi connectivity index (χ0v) is 7.34. The maximum absolute atomic E-state index is 11.0. The molecular weight excluding hydrogens is 154 g/mol. The van der Waals surface area contributed by atoms with Gasteiger partial charge in [-0.25, -0.2) is 0 Å². The molecule has 0 saturated heterocycles. The Morgan fingerprint density at radius 2 is 2.42 bits per heavy atom. The molecule has 3 N–H and O–H groups in total. The maximum Gasteiger partial charge on any atom is 0.221 e. The Hall–Kier alpha value is -1.08. The monoisotopic (exact) mass is 169 g/mol. The van der Waals surface area contributed by atoms with E-state index >= 15 is 0 Å². The summed E-state index contributed by atoms with van der Waals surface area (Å²) < 4.78 is 0. The first kappa shape index (κ1) is 10.9. The van der Waals surface area contributed by atoms with Gasteiger partial charge in [-0.05, 0) is 12.5 Å². The summed E-state index contributed by atoms with van der Waals surface area (Å²) in [6, 6.07) is 1.84. The predicted octanol–water partition coefficient (Wildman–Crippen LogP) is 0.00118. The number of amides is 1. The molecule has 0 aromatic heterocycles. The van der Waals surface area contributed by atoms with Gasteiger partial charge in [0.05, 0.1) is 6.07 Å². The lowest BCUT2D eigenvalue weighted by atomic mass is 10.0. The standard InChI is InChI=1S/C8H15N3O/c1-2-7(6-10)5-8(12)11-4-3-9/h7H,2,4-6,10H2,1H3,(H,11,12). The lowest BCUT2D eigenvalue weighted by Gasteiger charge is -2.10. The number of nitrogens with one attached hydrogen (secondary N) is 1. The van der Waals surface area contributed by atoms with E-state index in [0.29, 0.717) is 13.0 Å². The summed E-state index contributed by atoms with van der Waals surface area (Å²) in [5.41, 5.74) is 5.42. The van der Waals surface area contributed by atoms with Gasteiger partial charge in [-0.3, -0.25) is 4.79 Å². The smallest absolute Gasteiger partial charge is 0.221 e. The fraction of sp³-hybridized carbons (Fsp3) is 0.750. The molecule has 68 valence electrons. The summed E-state index contributed by atoms with van der Waals surface area (Å²) in [6.07, 6.45) is 1.32. The van der Waals surface area contributed by atoms with Gasteiger partial charge in [0.1, 0.15) is 6.54 Å². The molecule has 4 nitrogen and oxygen atoms in total. The van der Waals surface area contributed by atoms with Crippen molar-refractivity contribution in [2.75, 3.05) is 13.1 Å². The second kappa shape index (κ2) is 6.62. The first-order chi connectivity index (χ1) is 5.74. The van der Waals surface area contributed by atoms with Gasteiger partial charge >= 0.3 is 0 Å². The molecule has 1 atom stereocenters. The number of nitrogens with zero attached hydrogens (tertiary/aromatic N) is 1. The summed E-state index contributed by atoms with van der Waals surface area (Å²) in [5.74, 6) is 0.151. The van der Waals surface area contributed by atoms with Gasteiger partial charge in [-0.2, -0.15) is 5.26 Å². The minimum Gasteiger partial charge on any atom is -0.343 e. The highest BCUT2D eigenvalue weighted by atomic mass is 16.1. The van der Waals surface area contributed by atoms with Crippen LogP contribution in [0.3, 0.4) is 0 Å². The van der Waals surface area contributed by atoms with Crippen LogP contribution < -0.4 is 11.1 Å². The Balaban J connectivity index is 3.60. The SMILES string of the molecule is CCC(CN)CC(=O)NCC#N. The van der Waals surface area contributed by atoms with Crippen LogP contribution in [0, 0.1) is 17.2 Å². The zero-order valence-electron chi connectivity index (χ0n) is 7.34. The molecule has 0 saturated carbocycles. The Morgan fingerprint density at radius 3 is 2.83 bits per heavy atom. The molecule has 0 rings (SSSR count). The van der Waals surface area contributed by atoms with Gasteiger partial charge in [0.15, 0.2) is 0 Å². The molecule has 0 aliphatic heterocycles. The molecule has 0 fully saturated rings. The van der Waals surface area contributed by atoms with Crippen LogP contribution in [0.5, 0.6) is 0 Å². The number of nitrogens with two attached hydrogens (primary N) is 1. The Bertz CT molecular complexity index is 170. The van der Waals surface area contributed by atoms with Crippen LogP contribution in [-0.2, 0) is 4.79 Å². The van der Waals surface area contributed by atoms with E-state index in [1.54, 1.807) is 0 Å². The Labute approximate surface area is 72.7 Å². The van der Waals surface area contributed by atoms with Gasteiger partial charge in [-0.15, -0.1) is 0 Å². The minimum atomic E-state index is -0.0890. The third-order valence-electron chi connectivity index (χ3n) is 1.75.